The summed E-state index contributed by atoms with van der Waals surface area (Å²) in [7, 11) is 0. The summed E-state index contributed by atoms with van der Waals surface area (Å²) in [6, 6.07) is 7.48. The molecule has 0 spiro atoms. The number of ether oxygens (including phenoxy) is 1. The fraction of sp³-hybridized carbons (Fsp3) is 0.286. The number of hydrogen-bond donors (Lipinski definition) is 1. The second-order valence-electron chi connectivity index (χ2n) is 7.69. The lowest BCUT2D eigenvalue weighted by Gasteiger charge is -2.14. The largest absolute Gasteiger partial charge is 0.618 e. The molecule has 0 bridgehead atoms. The van der Waals surface area contributed by atoms with Crippen molar-refractivity contribution in [3.8, 4) is 11.1 Å². The van der Waals surface area contributed by atoms with E-state index in [9.17, 15) is 14.4 Å². The summed E-state index contributed by atoms with van der Waals surface area (Å²) in [6.45, 7) is 0.382. The molecule has 0 aliphatic carbocycles. The Morgan fingerprint density at radius 3 is 2.85 bits per heavy atom. The third-order valence-corrected chi connectivity index (χ3v) is 5.46. The van der Waals surface area contributed by atoms with Crippen molar-refractivity contribution in [1.82, 2.24) is 15.0 Å². The lowest BCUT2D eigenvalue weighted by molar-refractivity contribution is -0.606. The number of carbonyl (C=O) groups excluding carboxylic acids is 1. The second-order valence-corrected chi connectivity index (χ2v) is 7.69. The Morgan fingerprint density at radius 1 is 1.27 bits per heavy atom. The molecular formula is C21H19FN6O5. The monoisotopic (exact) mass is 454 g/mol. The van der Waals surface area contributed by atoms with Crippen LogP contribution in [0.4, 0.5) is 14.9 Å². The molecule has 2 aliphatic rings. The van der Waals surface area contributed by atoms with E-state index in [-0.39, 0.29) is 24.4 Å². The van der Waals surface area contributed by atoms with E-state index < -0.39 is 24.1 Å². The van der Waals surface area contributed by atoms with Gasteiger partial charge in [-0.05, 0) is 24.3 Å². The number of halogens is 1. The summed E-state index contributed by atoms with van der Waals surface area (Å²) in [5.41, 5.74) is 1.61. The van der Waals surface area contributed by atoms with Gasteiger partial charge >= 0.3 is 6.09 Å². The van der Waals surface area contributed by atoms with Gasteiger partial charge in [0.25, 0.3) is 0 Å². The molecule has 1 aromatic carbocycles. The number of hydrogen-bond acceptors (Lipinski definition) is 8. The number of nitrogens with zero attached hydrogens (tertiary/aromatic N) is 6. The van der Waals surface area contributed by atoms with Crippen LogP contribution < -0.4 is 9.63 Å². The number of anilines is 1. The molecule has 11 nitrogen and oxygen atoms in total. The van der Waals surface area contributed by atoms with Crippen LogP contribution >= 0.6 is 0 Å². The van der Waals surface area contributed by atoms with Crippen LogP contribution in [0.25, 0.3) is 11.1 Å². The second kappa shape index (κ2) is 8.47. The first kappa shape index (κ1) is 20.8. The van der Waals surface area contributed by atoms with E-state index in [2.05, 4.69) is 15.5 Å². The molecule has 2 atom stereocenters. The molecule has 12 heteroatoms. The van der Waals surface area contributed by atoms with Crippen molar-refractivity contribution in [2.75, 3.05) is 18.1 Å². The van der Waals surface area contributed by atoms with Gasteiger partial charge in [-0.2, -0.15) is 4.73 Å². The Balaban J connectivity index is 1.33. The maximum atomic E-state index is 15.0. The smallest absolute Gasteiger partial charge is 0.414 e. The molecule has 2 aromatic heterocycles. The number of rotatable bonds is 6. The van der Waals surface area contributed by atoms with E-state index in [0.29, 0.717) is 34.7 Å². The molecule has 1 unspecified atom stereocenters. The van der Waals surface area contributed by atoms with Crippen LogP contribution in [-0.2, 0) is 16.1 Å². The molecule has 3 aromatic rings. The molecule has 2 aliphatic heterocycles. The Kier molecular flexibility index (Phi) is 5.34. The summed E-state index contributed by atoms with van der Waals surface area (Å²) in [5, 5.41) is 33.1. The van der Waals surface area contributed by atoms with Crippen LogP contribution in [-0.4, -0.2) is 57.3 Å². The third kappa shape index (κ3) is 4.07. The standard InChI is InChI=1S/C21H19FN6O5/c22-18-7-14(27-11-16(32-21(27)30)10-26-6-5-23-25-26)2-3-17(18)13-1-4-20(28(31)9-13)19-8-15(12-29)33-24-19/h1-7,9,15-16,29H,8,10-12H2/t15?,16-/m0/s1. The summed E-state index contributed by atoms with van der Waals surface area (Å²) < 4.78 is 22.5. The summed E-state index contributed by atoms with van der Waals surface area (Å²) >= 11 is 0. The van der Waals surface area contributed by atoms with Crippen LogP contribution in [0.3, 0.4) is 0 Å². The fourth-order valence-electron chi connectivity index (χ4n) is 3.81. The average Bonchev–Trinajstić information content (AvgIpc) is 3.55. The van der Waals surface area contributed by atoms with Crippen molar-refractivity contribution in [3.05, 3.63) is 65.6 Å². The van der Waals surface area contributed by atoms with Crippen molar-refractivity contribution in [1.29, 1.82) is 0 Å². The quantitative estimate of drug-likeness (QED) is 0.438. The highest BCUT2D eigenvalue weighted by Gasteiger charge is 2.33. The van der Waals surface area contributed by atoms with Gasteiger partial charge in [0.05, 0.1) is 31.6 Å². The zero-order chi connectivity index (χ0) is 22.9. The maximum Gasteiger partial charge on any atom is 0.414 e. The molecule has 1 saturated heterocycles. The third-order valence-electron chi connectivity index (χ3n) is 5.46. The van der Waals surface area contributed by atoms with Crippen molar-refractivity contribution >= 4 is 17.5 Å². The minimum absolute atomic E-state index is 0.201. The molecular weight excluding hydrogens is 435 g/mol. The van der Waals surface area contributed by atoms with Crippen LogP contribution in [0.2, 0.25) is 0 Å². The summed E-state index contributed by atoms with van der Waals surface area (Å²) in [6.07, 6.45) is 3.26. The molecule has 33 heavy (non-hydrogen) atoms. The van der Waals surface area contributed by atoms with E-state index in [0.717, 1.165) is 0 Å². The van der Waals surface area contributed by atoms with Crippen LogP contribution in [0.1, 0.15) is 12.1 Å². The van der Waals surface area contributed by atoms with Crippen LogP contribution in [0, 0.1) is 11.0 Å². The number of aromatic nitrogens is 4. The molecule has 0 saturated carbocycles. The fourth-order valence-corrected chi connectivity index (χ4v) is 3.81. The number of oxime groups is 1. The predicted octanol–water partition coefficient (Wildman–Crippen LogP) is 1.23. The Hall–Kier alpha value is -4.06. The maximum absolute atomic E-state index is 15.0. The highest BCUT2D eigenvalue weighted by Crippen LogP contribution is 2.29. The van der Waals surface area contributed by atoms with Gasteiger partial charge < -0.3 is 19.9 Å². The first-order chi connectivity index (χ1) is 16.0. The van der Waals surface area contributed by atoms with E-state index in [1.165, 1.54) is 35.5 Å². The van der Waals surface area contributed by atoms with E-state index >= 15 is 0 Å². The Morgan fingerprint density at radius 2 is 2.15 bits per heavy atom. The zero-order valence-corrected chi connectivity index (χ0v) is 17.2. The highest BCUT2D eigenvalue weighted by molar-refractivity contribution is 5.98. The normalized spacial score (nSPS) is 20.0. The lowest BCUT2D eigenvalue weighted by atomic mass is 10.0. The predicted molar refractivity (Wildman–Crippen MR) is 112 cm³/mol. The minimum atomic E-state index is -0.588. The SMILES string of the molecule is O=C1O[C@@H](Cn2ccnn2)CN1c1ccc(-c2ccc(C3=NOC(CO)C3)[n+]([O-])c2)c(F)c1. The van der Waals surface area contributed by atoms with E-state index in [1.807, 2.05) is 0 Å². The molecule has 170 valence electrons. The van der Waals surface area contributed by atoms with Crippen molar-refractivity contribution in [3.63, 3.8) is 0 Å². The number of cyclic esters (lactones) is 1. The number of carbonyl (C=O) groups is 1. The number of aliphatic hydroxyl groups excluding tert-OH is 1. The van der Waals surface area contributed by atoms with Gasteiger partial charge in [0.15, 0.2) is 18.0 Å². The van der Waals surface area contributed by atoms with Crippen molar-refractivity contribution in [2.45, 2.75) is 25.2 Å². The molecule has 1 amide bonds. The van der Waals surface area contributed by atoms with Gasteiger partial charge in [0.1, 0.15) is 11.9 Å². The van der Waals surface area contributed by atoms with Gasteiger partial charge in [0, 0.05) is 29.8 Å². The molecule has 5 rings (SSSR count). The Bertz CT molecular complexity index is 1220. The van der Waals surface area contributed by atoms with Crippen molar-refractivity contribution in [2.24, 2.45) is 5.16 Å². The van der Waals surface area contributed by atoms with E-state index in [4.69, 9.17) is 14.7 Å². The molecule has 4 heterocycles. The lowest BCUT2D eigenvalue weighted by Crippen LogP contribution is -2.34. The van der Waals surface area contributed by atoms with Gasteiger partial charge in [-0.25, -0.2) is 13.9 Å². The topological polar surface area (TPSA) is 129 Å². The molecule has 1 N–H and O–H groups in total. The number of pyridine rings is 1. The van der Waals surface area contributed by atoms with Crippen molar-refractivity contribution < 1.29 is 28.6 Å². The number of amides is 1. The van der Waals surface area contributed by atoms with Gasteiger partial charge in [-0.15, -0.1) is 5.10 Å². The molecule has 0 radical (unpaired) electrons. The minimum Gasteiger partial charge on any atom is -0.618 e. The highest BCUT2D eigenvalue weighted by atomic mass is 19.1. The molecule has 1 fully saturated rings. The summed E-state index contributed by atoms with van der Waals surface area (Å²) in [5.74, 6) is -0.588. The van der Waals surface area contributed by atoms with Crippen LogP contribution in [0.5, 0.6) is 0 Å². The number of aliphatic hydroxyl groups is 1. The van der Waals surface area contributed by atoms with Gasteiger partial charge in [-0.3, -0.25) is 4.90 Å². The Labute approximate surface area is 186 Å². The first-order valence-corrected chi connectivity index (χ1v) is 10.2. The number of benzene rings is 1. The summed E-state index contributed by atoms with van der Waals surface area (Å²) in [4.78, 5) is 18.7. The average molecular weight is 454 g/mol. The van der Waals surface area contributed by atoms with Crippen LogP contribution in [0.15, 0.2) is 54.1 Å². The van der Waals surface area contributed by atoms with Gasteiger partial charge in [0.2, 0.25) is 5.69 Å². The van der Waals surface area contributed by atoms with Gasteiger partial charge in [-0.1, -0.05) is 10.4 Å². The van der Waals surface area contributed by atoms with E-state index in [1.54, 1.807) is 23.0 Å². The zero-order valence-electron chi connectivity index (χ0n) is 17.2. The first-order valence-electron chi connectivity index (χ1n) is 10.2.